The summed E-state index contributed by atoms with van der Waals surface area (Å²) in [7, 11) is 0. The number of rotatable bonds is 3. The molecule has 0 atom stereocenters. The molecule has 1 aromatic heterocycles. The van der Waals surface area contributed by atoms with Gasteiger partial charge in [0, 0.05) is 6.42 Å². The largest absolute Gasteiger partial charge is 0.452 e. The van der Waals surface area contributed by atoms with Gasteiger partial charge in [0.1, 0.15) is 0 Å². The van der Waals surface area contributed by atoms with Crippen molar-refractivity contribution in [3.63, 3.8) is 0 Å². The van der Waals surface area contributed by atoms with Crippen molar-refractivity contribution in [2.45, 2.75) is 20.3 Å². The number of Topliss-reactive ketones (excluding diaryl/α,β-unsaturated/α-hetero) is 1. The summed E-state index contributed by atoms with van der Waals surface area (Å²) in [5, 5.41) is 0.166. The molecule has 3 heteroatoms. The second-order valence-electron chi connectivity index (χ2n) is 4.20. The van der Waals surface area contributed by atoms with Gasteiger partial charge in [-0.25, -0.2) is 0 Å². The van der Waals surface area contributed by atoms with Crippen LogP contribution in [0.5, 0.6) is 0 Å². The molecule has 0 bridgehead atoms. The molecule has 0 aliphatic carbocycles. The maximum atomic E-state index is 12.0. The molecule has 17 heavy (non-hydrogen) atoms. The van der Waals surface area contributed by atoms with Crippen molar-refractivity contribution in [1.82, 2.24) is 0 Å². The zero-order valence-corrected chi connectivity index (χ0v) is 10.5. The van der Waals surface area contributed by atoms with Gasteiger partial charge in [0.25, 0.3) is 0 Å². The third-order valence-corrected chi connectivity index (χ3v) is 2.86. The highest BCUT2D eigenvalue weighted by Gasteiger charge is 2.13. The Morgan fingerprint density at radius 3 is 2.41 bits per heavy atom. The van der Waals surface area contributed by atoms with Crippen LogP contribution in [0.25, 0.3) is 0 Å². The normalized spacial score (nSPS) is 10.5. The molecular weight excluding hydrogens is 236 g/mol. The van der Waals surface area contributed by atoms with Crippen molar-refractivity contribution in [2.75, 3.05) is 0 Å². The summed E-state index contributed by atoms with van der Waals surface area (Å²) in [4.78, 5) is 12.0. The minimum atomic E-state index is -0.0197. The summed E-state index contributed by atoms with van der Waals surface area (Å²) in [6, 6.07) is 7.71. The van der Waals surface area contributed by atoms with E-state index in [2.05, 4.69) is 6.07 Å². The molecule has 2 rings (SSSR count). The van der Waals surface area contributed by atoms with Crippen molar-refractivity contribution in [3.8, 4) is 0 Å². The monoisotopic (exact) mass is 248 g/mol. The molecule has 1 aromatic carbocycles. The lowest BCUT2D eigenvalue weighted by Gasteiger charge is -2.03. The van der Waals surface area contributed by atoms with E-state index in [1.54, 1.807) is 6.07 Å². The number of hydrogen-bond donors (Lipinski definition) is 0. The summed E-state index contributed by atoms with van der Waals surface area (Å²) in [6.07, 6.45) is 1.78. The van der Waals surface area contributed by atoms with Crippen LogP contribution in [0.2, 0.25) is 5.22 Å². The number of ketones is 1. The lowest BCUT2D eigenvalue weighted by atomic mass is 10.0. The van der Waals surface area contributed by atoms with Crippen molar-refractivity contribution in [2.24, 2.45) is 0 Å². The third-order valence-electron chi connectivity index (χ3n) is 2.56. The summed E-state index contributed by atoms with van der Waals surface area (Å²) < 4.78 is 4.92. The summed E-state index contributed by atoms with van der Waals surface area (Å²) >= 11 is 5.78. The molecule has 0 saturated heterocycles. The van der Waals surface area contributed by atoms with E-state index in [1.807, 2.05) is 26.0 Å². The molecule has 2 aromatic rings. The molecule has 1 heterocycles. The van der Waals surface area contributed by atoms with E-state index in [0.717, 1.165) is 16.7 Å². The fourth-order valence-corrected chi connectivity index (χ4v) is 2.16. The van der Waals surface area contributed by atoms with Crippen LogP contribution in [0.4, 0.5) is 0 Å². The van der Waals surface area contributed by atoms with Crippen molar-refractivity contribution in [3.05, 3.63) is 58.0 Å². The van der Waals surface area contributed by atoms with Gasteiger partial charge in [-0.15, -0.1) is 0 Å². The molecular formula is C14H13ClO2. The molecule has 88 valence electrons. The van der Waals surface area contributed by atoms with Crippen LogP contribution in [-0.4, -0.2) is 5.78 Å². The number of carbonyl (C=O) groups excluding carboxylic acids is 1. The topological polar surface area (TPSA) is 30.2 Å². The number of hydrogen-bond acceptors (Lipinski definition) is 2. The van der Waals surface area contributed by atoms with Crippen molar-refractivity contribution < 1.29 is 9.21 Å². The molecule has 0 saturated carbocycles. The lowest BCUT2D eigenvalue weighted by molar-refractivity contribution is 0.0992. The van der Waals surface area contributed by atoms with Gasteiger partial charge in [0.15, 0.2) is 5.78 Å². The minimum absolute atomic E-state index is 0.0197. The fourth-order valence-electron chi connectivity index (χ4n) is 1.95. The van der Waals surface area contributed by atoms with Gasteiger partial charge in [0.2, 0.25) is 5.22 Å². The predicted octanol–water partition coefficient (Wildman–Crippen LogP) is 3.98. The third kappa shape index (κ3) is 2.77. The Kier molecular flexibility index (Phi) is 3.34. The Labute approximate surface area is 105 Å². The SMILES string of the molecule is Cc1cc(C)cc(CC(=O)c2ccoc2Cl)c1. The molecule has 0 spiro atoms. The van der Waals surface area contributed by atoms with E-state index in [-0.39, 0.29) is 11.0 Å². The zero-order chi connectivity index (χ0) is 12.4. The van der Waals surface area contributed by atoms with Crippen LogP contribution in [0.15, 0.2) is 34.9 Å². The molecule has 0 fully saturated rings. The van der Waals surface area contributed by atoms with Gasteiger partial charge in [-0.05, 0) is 37.1 Å². The van der Waals surface area contributed by atoms with Crippen LogP contribution in [0.3, 0.4) is 0 Å². The molecule has 2 nitrogen and oxygen atoms in total. The Hall–Kier alpha value is -1.54. The smallest absolute Gasteiger partial charge is 0.203 e. The highest BCUT2D eigenvalue weighted by atomic mass is 35.5. The van der Waals surface area contributed by atoms with Gasteiger partial charge in [-0.1, -0.05) is 29.3 Å². The van der Waals surface area contributed by atoms with Gasteiger partial charge >= 0.3 is 0 Å². The standard InChI is InChI=1S/C14H13ClO2/c1-9-5-10(2)7-11(6-9)8-13(16)12-3-4-17-14(12)15/h3-7H,8H2,1-2H3. The van der Waals surface area contributed by atoms with E-state index >= 15 is 0 Å². The molecule has 0 amide bonds. The Morgan fingerprint density at radius 1 is 1.24 bits per heavy atom. The number of benzene rings is 1. The van der Waals surface area contributed by atoms with Crippen LogP contribution in [0, 0.1) is 13.8 Å². The Morgan fingerprint density at radius 2 is 1.88 bits per heavy atom. The van der Waals surface area contributed by atoms with E-state index in [1.165, 1.54) is 6.26 Å². The Balaban J connectivity index is 2.21. The minimum Gasteiger partial charge on any atom is -0.452 e. The average Bonchev–Trinajstić information content (AvgIpc) is 2.62. The van der Waals surface area contributed by atoms with E-state index in [4.69, 9.17) is 16.0 Å². The van der Waals surface area contributed by atoms with Crippen molar-refractivity contribution in [1.29, 1.82) is 0 Å². The first-order valence-electron chi connectivity index (χ1n) is 5.39. The molecule has 0 aliphatic rings. The van der Waals surface area contributed by atoms with Crippen LogP contribution in [-0.2, 0) is 6.42 Å². The summed E-state index contributed by atoms with van der Waals surface area (Å²) in [5.74, 6) is -0.0197. The number of carbonyl (C=O) groups is 1. The number of aryl methyl sites for hydroxylation is 2. The van der Waals surface area contributed by atoms with Gasteiger partial charge in [-0.3, -0.25) is 4.79 Å². The van der Waals surface area contributed by atoms with Gasteiger partial charge in [-0.2, -0.15) is 0 Å². The van der Waals surface area contributed by atoms with Crippen LogP contribution in [0.1, 0.15) is 27.0 Å². The van der Waals surface area contributed by atoms with E-state index < -0.39 is 0 Å². The zero-order valence-electron chi connectivity index (χ0n) is 9.79. The molecule has 0 aliphatic heterocycles. The first-order chi connectivity index (χ1) is 8.06. The summed E-state index contributed by atoms with van der Waals surface area (Å²) in [6.45, 7) is 4.04. The quantitative estimate of drug-likeness (QED) is 0.770. The first kappa shape index (κ1) is 11.9. The highest BCUT2D eigenvalue weighted by Crippen LogP contribution is 2.19. The number of furan rings is 1. The molecule has 0 unspecified atom stereocenters. The molecule has 0 N–H and O–H groups in total. The Bertz CT molecular complexity index is 535. The van der Waals surface area contributed by atoms with E-state index in [0.29, 0.717) is 12.0 Å². The van der Waals surface area contributed by atoms with Gasteiger partial charge in [0.05, 0.1) is 11.8 Å². The second-order valence-corrected chi connectivity index (χ2v) is 4.55. The highest BCUT2D eigenvalue weighted by molar-refractivity contribution is 6.32. The van der Waals surface area contributed by atoms with Gasteiger partial charge < -0.3 is 4.42 Å². The number of halogens is 1. The fraction of sp³-hybridized carbons (Fsp3) is 0.214. The summed E-state index contributed by atoms with van der Waals surface area (Å²) in [5.41, 5.74) is 3.77. The van der Waals surface area contributed by atoms with E-state index in [9.17, 15) is 4.79 Å². The van der Waals surface area contributed by atoms with Crippen molar-refractivity contribution >= 4 is 17.4 Å². The lowest BCUT2D eigenvalue weighted by Crippen LogP contribution is -2.03. The maximum absolute atomic E-state index is 12.0. The molecule has 0 radical (unpaired) electrons. The first-order valence-corrected chi connectivity index (χ1v) is 5.77. The average molecular weight is 249 g/mol. The second kappa shape index (κ2) is 4.76. The maximum Gasteiger partial charge on any atom is 0.203 e. The van der Waals surface area contributed by atoms with Crippen LogP contribution >= 0.6 is 11.6 Å². The predicted molar refractivity (Wildman–Crippen MR) is 67.7 cm³/mol. The van der Waals surface area contributed by atoms with Crippen LogP contribution < -0.4 is 0 Å².